The summed E-state index contributed by atoms with van der Waals surface area (Å²) in [6.45, 7) is 8.07. The van der Waals surface area contributed by atoms with E-state index in [1.54, 1.807) is 0 Å². The fourth-order valence-electron chi connectivity index (χ4n) is 5.62. The second kappa shape index (κ2) is 32.3. The molecule has 0 radical (unpaired) electrons. The molecule has 0 aromatic carbocycles. The molecule has 0 bridgehead atoms. The highest BCUT2D eigenvalue weighted by atomic mass is 16.1. The molecule has 4 nitrogen and oxygen atoms in total. The number of nitrogens with one attached hydrogen (secondary N) is 1. The molecule has 252 valence electrons. The number of hydrogen-bond donors (Lipinski definition) is 1. The lowest BCUT2D eigenvalue weighted by molar-refractivity contribution is -0.121. The van der Waals surface area contributed by atoms with Crippen LogP contribution in [0.1, 0.15) is 168 Å². The molecule has 1 N–H and O–H groups in total. The van der Waals surface area contributed by atoms with Crippen molar-refractivity contribution in [2.45, 2.75) is 168 Å². The number of hydrogen-bond acceptors (Lipinski definition) is 3. The fourth-order valence-corrected chi connectivity index (χ4v) is 5.62. The lowest BCUT2D eigenvalue weighted by atomic mass is 10.1. The van der Waals surface area contributed by atoms with E-state index in [9.17, 15) is 4.79 Å². The molecule has 1 aliphatic rings. The summed E-state index contributed by atoms with van der Waals surface area (Å²) in [5.74, 6) is 1.47. The number of rotatable bonds is 31. The quantitative estimate of drug-likeness (QED) is 0.0627. The van der Waals surface area contributed by atoms with Gasteiger partial charge >= 0.3 is 0 Å². The van der Waals surface area contributed by atoms with Gasteiger partial charge in [0, 0.05) is 32.5 Å². The van der Waals surface area contributed by atoms with Crippen molar-refractivity contribution in [3.05, 3.63) is 48.6 Å². The molecular formula is C40H71N3O. The van der Waals surface area contributed by atoms with Gasteiger partial charge in [-0.15, -0.1) is 0 Å². The molecule has 1 amide bonds. The molecule has 0 aliphatic carbocycles. The molecule has 0 aromatic rings. The summed E-state index contributed by atoms with van der Waals surface area (Å²) in [5.41, 5.74) is 0. The minimum atomic E-state index is 0.210. The molecule has 0 saturated heterocycles. The van der Waals surface area contributed by atoms with E-state index in [4.69, 9.17) is 4.99 Å². The van der Waals surface area contributed by atoms with Crippen LogP contribution in [0.5, 0.6) is 0 Å². The fraction of sp³-hybridized carbons (Fsp3) is 0.750. The van der Waals surface area contributed by atoms with Crippen LogP contribution in [0.25, 0.3) is 0 Å². The molecule has 0 saturated carbocycles. The van der Waals surface area contributed by atoms with Crippen LogP contribution in [-0.2, 0) is 4.79 Å². The largest absolute Gasteiger partial charge is 0.357 e. The zero-order valence-electron chi connectivity index (χ0n) is 29.2. The smallest absolute Gasteiger partial charge is 0.220 e. The van der Waals surface area contributed by atoms with Gasteiger partial charge in [-0.2, -0.15) is 0 Å². The number of carbonyl (C=O) groups excluding carboxylic acids is 1. The third-order valence-corrected chi connectivity index (χ3v) is 8.44. The van der Waals surface area contributed by atoms with Gasteiger partial charge in [0.1, 0.15) is 0 Å². The number of amides is 1. The Morgan fingerprint density at radius 2 is 1.11 bits per heavy atom. The van der Waals surface area contributed by atoms with Crippen molar-refractivity contribution < 1.29 is 4.79 Å². The summed E-state index contributed by atoms with van der Waals surface area (Å²) in [7, 11) is 0. The van der Waals surface area contributed by atoms with E-state index in [0.29, 0.717) is 6.42 Å². The summed E-state index contributed by atoms with van der Waals surface area (Å²) < 4.78 is 0. The van der Waals surface area contributed by atoms with Crippen molar-refractivity contribution in [1.29, 1.82) is 0 Å². The highest BCUT2D eigenvalue weighted by Crippen LogP contribution is 2.13. The van der Waals surface area contributed by atoms with E-state index in [0.717, 1.165) is 58.3 Å². The summed E-state index contributed by atoms with van der Waals surface area (Å²) in [5, 5.41) is 3.14. The first kappa shape index (κ1) is 39.9. The first-order chi connectivity index (χ1) is 21.8. The number of carbonyl (C=O) groups is 1. The van der Waals surface area contributed by atoms with Gasteiger partial charge < -0.3 is 10.2 Å². The Kier molecular flexibility index (Phi) is 29.3. The predicted octanol–water partition coefficient (Wildman–Crippen LogP) is 11.4. The standard InChI is InChI=1S/C40H71N3O/c1-3-5-7-9-11-13-15-17-19-21-23-25-27-29-31-33-39-41-35-37-43(39)38-36-42-40(44)34-32-30-28-26-24-22-20-18-16-14-12-10-8-6-4-2/h11-14,17-20H,3-10,15-16,21-38H2,1-2H3,(H,42,44)/b13-11+,14-12+,19-17+,20-18+. The molecule has 0 atom stereocenters. The lowest BCUT2D eigenvalue weighted by Crippen LogP contribution is -2.36. The third kappa shape index (κ3) is 26.3. The maximum atomic E-state index is 12.3. The molecular weight excluding hydrogens is 538 g/mol. The maximum absolute atomic E-state index is 12.3. The van der Waals surface area contributed by atoms with E-state index in [-0.39, 0.29) is 5.91 Å². The van der Waals surface area contributed by atoms with Gasteiger partial charge in [0.2, 0.25) is 5.91 Å². The van der Waals surface area contributed by atoms with Gasteiger partial charge in [-0.3, -0.25) is 9.79 Å². The van der Waals surface area contributed by atoms with Crippen LogP contribution in [0.3, 0.4) is 0 Å². The van der Waals surface area contributed by atoms with Crippen molar-refractivity contribution in [1.82, 2.24) is 10.2 Å². The number of unbranched alkanes of at least 4 members (excludes halogenated alkanes) is 16. The van der Waals surface area contributed by atoms with Crippen LogP contribution in [0.2, 0.25) is 0 Å². The van der Waals surface area contributed by atoms with Crippen LogP contribution < -0.4 is 5.32 Å². The van der Waals surface area contributed by atoms with Gasteiger partial charge in [0.25, 0.3) is 0 Å². The van der Waals surface area contributed by atoms with Crippen molar-refractivity contribution in [3.8, 4) is 0 Å². The highest BCUT2D eigenvalue weighted by Gasteiger charge is 2.16. The second-order valence-corrected chi connectivity index (χ2v) is 12.6. The molecule has 0 fully saturated rings. The van der Waals surface area contributed by atoms with Gasteiger partial charge in [0.05, 0.1) is 12.4 Å². The number of allylic oxidation sites excluding steroid dienone is 8. The molecule has 1 aliphatic heterocycles. The minimum absolute atomic E-state index is 0.210. The third-order valence-electron chi connectivity index (χ3n) is 8.44. The Labute approximate surface area is 274 Å². The van der Waals surface area contributed by atoms with Gasteiger partial charge in [-0.25, -0.2) is 0 Å². The topological polar surface area (TPSA) is 44.7 Å². The highest BCUT2D eigenvalue weighted by molar-refractivity contribution is 5.83. The Morgan fingerprint density at radius 1 is 0.636 bits per heavy atom. The van der Waals surface area contributed by atoms with Gasteiger partial charge in [-0.05, 0) is 77.0 Å². The summed E-state index contributed by atoms with van der Waals surface area (Å²) in [4.78, 5) is 19.4. The summed E-state index contributed by atoms with van der Waals surface area (Å²) in [6.07, 6.45) is 47.7. The normalized spacial score (nSPS) is 13.9. The average Bonchev–Trinajstić information content (AvgIpc) is 3.48. The molecule has 1 heterocycles. The Bertz CT molecular complexity index is 794. The Morgan fingerprint density at radius 3 is 1.66 bits per heavy atom. The molecule has 1 rings (SSSR count). The second-order valence-electron chi connectivity index (χ2n) is 12.6. The van der Waals surface area contributed by atoms with Crippen molar-refractivity contribution in [2.24, 2.45) is 4.99 Å². The van der Waals surface area contributed by atoms with E-state index >= 15 is 0 Å². The number of amidine groups is 1. The molecule has 0 aromatic heterocycles. The lowest BCUT2D eigenvalue weighted by Gasteiger charge is -2.20. The van der Waals surface area contributed by atoms with Gasteiger partial charge in [0.15, 0.2) is 0 Å². The predicted molar refractivity (Wildman–Crippen MR) is 196 cm³/mol. The van der Waals surface area contributed by atoms with E-state index in [1.165, 1.54) is 121 Å². The zero-order valence-corrected chi connectivity index (χ0v) is 29.2. The van der Waals surface area contributed by atoms with Crippen LogP contribution in [0, 0.1) is 0 Å². The Hall–Kier alpha value is -2.10. The SMILES string of the molecule is CCCCC/C=C/C/C=C/CCCCCCCC(=O)NCCN1CCN=C1CCCCCCC/C=C/C/C=C/CCCCC. The summed E-state index contributed by atoms with van der Waals surface area (Å²) in [6, 6.07) is 0. The van der Waals surface area contributed by atoms with Crippen molar-refractivity contribution >= 4 is 11.7 Å². The van der Waals surface area contributed by atoms with Crippen molar-refractivity contribution in [3.63, 3.8) is 0 Å². The summed E-state index contributed by atoms with van der Waals surface area (Å²) >= 11 is 0. The molecule has 44 heavy (non-hydrogen) atoms. The number of nitrogens with zero attached hydrogens (tertiary/aromatic N) is 2. The first-order valence-electron chi connectivity index (χ1n) is 18.9. The van der Waals surface area contributed by atoms with Crippen LogP contribution in [0.15, 0.2) is 53.6 Å². The monoisotopic (exact) mass is 610 g/mol. The van der Waals surface area contributed by atoms with Crippen LogP contribution in [0.4, 0.5) is 0 Å². The molecule has 0 spiro atoms. The van der Waals surface area contributed by atoms with Gasteiger partial charge in [-0.1, -0.05) is 127 Å². The van der Waals surface area contributed by atoms with Crippen LogP contribution >= 0.6 is 0 Å². The van der Waals surface area contributed by atoms with E-state index in [1.807, 2.05) is 0 Å². The van der Waals surface area contributed by atoms with Crippen LogP contribution in [-0.4, -0.2) is 42.8 Å². The molecule has 4 heteroatoms. The average molecular weight is 610 g/mol. The maximum Gasteiger partial charge on any atom is 0.220 e. The van der Waals surface area contributed by atoms with E-state index in [2.05, 4.69) is 72.7 Å². The Balaban J connectivity index is 1.91. The van der Waals surface area contributed by atoms with E-state index < -0.39 is 0 Å². The van der Waals surface area contributed by atoms with Crippen molar-refractivity contribution in [2.75, 3.05) is 26.2 Å². The number of aliphatic imine (C=N–C) groups is 1. The minimum Gasteiger partial charge on any atom is -0.357 e. The first-order valence-corrected chi connectivity index (χ1v) is 18.9. The zero-order chi connectivity index (χ0) is 31.6. The molecule has 0 unspecified atom stereocenters.